The zero-order valence-electron chi connectivity index (χ0n) is 8.73. The molecule has 0 saturated heterocycles. The van der Waals surface area contributed by atoms with Crippen molar-refractivity contribution in [1.82, 2.24) is 0 Å². The predicted molar refractivity (Wildman–Crippen MR) is 59.6 cm³/mol. The van der Waals surface area contributed by atoms with Gasteiger partial charge in [0.1, 0.15) is 5.75 Å². The molecule has 0 bridgehead atoms. The fourth-order valence-electron chi connectivity index (χ4n) is 1.97. The molecule has 0 aliphatic heterocycles. The number of fused-ring (bicyclic) bond motifs is 1. The number of nitriles is 1. The molecule has 1 unspecified atom stereocenters. The molecule has 1 aromatic rings. The molecule has 0 fully saturated rings. The van der Waals surface area contributed by atoms with Gasteiger partial charge in [0.15, 0.2) is 0 Å². The summed E-state index contributed by atoms with van der Waals surface area (Å²) in [4.78, 5) is 0. The first kappa shape index (κ1) is 9.79. The van der Waals surface area contributed by atoms with Crippen molar-refractivity contribution in [2.24, 2.45) is 0 Å². The van der Waals surface area contributed by atoms with Crippen LogP contribution in [0.25, 0.3) is 6.08 Å². The van der Waals surface area contributed by atoms with Crippen LogP contribution in [0.3, 0.4) is 0 Å². The van der Waals surface area contributed by atoms with Crippen molar-refractivity contribution in [3.05, 3.63) is 35.4 Å². The Morgan fingerprint density at radius 1 is 1.53 bits per heavy atom. The van der Waals surface area contributed by atoms with Crippen molar-refractivity contribution in [2.75, 3.05) is 7.11 Å². The van der Waals surface area contributed by atoms with Gasteiger partial charge in [-0.15, -0.1) is 0 Å². The first-order valence-electron chi connectivity index (χ1n) is 5.06. The lowest BCUT2D eigenvalue weighted by Gasteiger charge is -2.19. The van der Waals surface area contributed by atoms with Crippen LogP contribution in [-0.4, -0.2) is 7.11 Å². The number of nitrogens with zero attached hydrogens (tertiary/aromatic N) is 1. The molecule has 1 aliphatic rings. The van der Waals surface area contributed by atoms with Crippen molar-refractivity contribution in [3.63, 3.8) is 0 Å². The molecule has 0 saturated carbocycles. The third-order valence-corrected chi connectivity index (χ3v) is 2.79. The summed E-state index contributed by atoms with van der Waals surface area (Å²) in [7, 11) is 1.67. The van der Waals surface area contributed by atoms with Crippen molar-refractivity contribution in [1.29, 1.82) is 5.26 Å². The number of methoxy groups -OCH3 is 1. The van der Waals surface area contributed by atoms with Gasteiger partial charge in [-0.05, 0) is 29.7 Å². The molecule has 2 heteroatoms. The van der Waals surface area contributed by atoms with Gasteiger partial charge in [-0.1, -0.05) is 18.2 Å². The second-order valence-corrected chi connectivity index (χ2v) is 3.69. The highest BCUT2D eigenvalue weighted by Crippen LogP contribution is 2.34. The summed E-state index contributed by atoms with van der Waals surface area (Å²) in [5.74, 6) is 1.19. The molecular formula is C13H13NO. The lowest BCUT2D eigenvalue weighted by Crippen LogP contribution is -2.03. The Balaban J connectivity index is 2.40. The molecule has 76 valence electrons. The summed E-state index contributed by atoms with van der Waals surface area (Å²) in [5.41, 5.74) is 2.45. The zero-order valence-corrected chi connectivity index (χ0v) is 8.73. The summed E-state index contributed by atoms with van der Waals surface area (Å²) in [6, 6.07) is 8.29. The topological polar surface area (TPSA) is 33.0 Å². The summed E-state index contributed by atoms with van der Waals surface area (Å²) in [6.45, 7) is 0. The summed E-state index contributed by atoms with van der Waals surface area (Å²) < 4.78 is 5.20. The Labute approximate surface area is 89.8 Å². The Morgan fingerprint density at radius 3 is 3.13 bits per heavy atom. The second-order valence-electron chi connectivity index (χ2n) is 3.69. The standard InChI is InChI=1S/C13H13NO/c1-15-12-6-5-10-3-2-4-11(7-8-14)13(10)9-12/h2-3,5-6,9,11H,4,7H2,1H3. The van der Waals surface area contributed by atoms with E-state index in [9.17, 15) is 0 Å². The Kier molecular flexibility index (Phi) is 2.73. The molecule has 2 rings (SSSR count). The highest BCUT2D eigenvalue weighted by Gasteiger charge is 2.17. The summed E-state index contributed by atoms with van der Waals surface area (Å²) in [6.07, 6.45) is 5.78. The van der Waals surface area contributed by atoms with Crippen LogP contribution in [0.15, 0.2) is 24.3 Å². The monoisotopic (exact) mass is 199 g/mol. The molecule has 15 heavy (non-hydrogen) atoms. The average molecular weight is 199 g/mol. The normalized spacial score (nSPS) is 18.0. The molecule has 1 aliphatic carbocycles. The fraction of sp³-hybridized carbons (Fsp3) is 0.308. The van der Waals surface area contributed by atoms with Crippen LogP contribution >= 0.6 is 0 Å². The van der Waals surface area contributed by atoms with Gasteiger partial charge in [0.25, 0.3) is 0 Å². The largest absolute Gasteiger partial charge is 0.497 e. The second kappa shape index (κ2) is 4.18. The molecule has 1 aromatic carbocycles. The highest BCUT2D eigenvalue weighted by molar-refractivity contribution is 5.59. The lowest BCUT2D eigenvalue weighted by atomic mass is 9.85. The van der Waals surface area contributed by atoms with E-state index >= 15 is 0 Å². The Morgan fingerprint density at radius 2 is 2.40 bits per heavy atom. The predicted octanol–water partition coefficient (Wildman–Crippen LogP) is 3.11. The first-order chi connectivity index (χ1) is 7.35. The minimum atomic E-state index is 0.324. The van der Waals surface area contributed by atoms with Crippen molar-refractivity contribution in [2.45, 2.75) is 18.8 Å². The van der Waals surface area contributed by atoms with E-state index in [0.29, 0.717) is 12.3 Å². The van der Waals surface area contributed by atoms with Crippen molar-refractivity contribution < 1.29 is 4.74 Å². The smallest absolute Gasteiger partial charge is 0.119 e. The van der Waals surface area contributed by atoms with E-state index in [1.165, 1.54) is 11.1 Å². The molecule has 2 nitrogen and oxygen atoms in total. The molecular weight excluding hydrogens is 186 g/mol. The Hall–Kier alpha value is -1.75. The Bertz CT molecular complexity index is 429. The van der Waals surface area contributed by atoms with Gasteiger partial charge in [-0.25, -0.2) is 0 Å². The number of hydrogen-bond acceptors (Lipinski definition) is 2. The molecule has 0 radical (unpaired) electrons. The van der Waals surface area contributed by atoms with E-state index < -0.39 is 0 Å². The molecule has 0 heterocycles. The van der Waals surface area contributed by atoms with E-state index in [1.54, 1.807) is 7.11 Å². The average Bonchev–Trinajstić information content (AvgIpc) is 2.29. The highest BCUT2D eigenvalue weighted by atomic mass is 16.5. The summed E-state index contributed by atoms with van der Waals surface area (Å²) in [5, 5.41) is 8.77. The quantitative estimate of drug-likeness (QED) is 0.733. The van der Waals surface area contributed by atoms with Crippen LogP contribution in [0.2, 0.25) is 0 Å². The van der Waals surface area contributed by atoms with Gasteiger partial charge < -0.3 is 4.74 Å². The van der Waals surface area contributed by atoms with Crippen LogP contribution in [-0.2, 0) is 0 Å². The maximum atomic E-state index is 8.77. The third-order valence-electron chi connectivity index (χ3n) is 2.79. The number of hydrogen-bond donors (Lipinski definition) is 0. The van der Waals surface area contributed by atoms with E-state index in [1.807, 2.05) is 18.2 Å². The van der Waals surface area contributed by atoms with Crippen molar-refractivity contribution in [3.8, 4) is 11.8 Å². The van der Waals surface area contributed by atoms with Gasteiger partial charge in [0, 0.05) is 12.3 Å². The number of rotatable bonds is 2. The van der Waals surface area contributed by atoms with E-state index in [2.05, 4.69) is 18.2 Å². The van der Waals surface area contributed by atoms with Gasteiger partial charge in [-0.2, -0.15) is 5.26 Å². The van der Waals surface area contributed by atoms with Crippen LogP contribution in [0.4, 0.5) is 0 Å². The van der Waals surface area contributed by atoms with Gasteiger partial charge in [0.05, 0.1) is 13.2 Å². The zero-order chi connectivity index (χ0) is 10.7. The lowest BCUT2D eigenvalue weighted by molar-refractivity contribution is 0.413. The van der Waals surface area contributed by atoms with Crippen LogP contribution in [0.1, 0.15) is 29.9 Å². The fourth-order valence-corrected chi connectivity index (χ4v) is 1.97. The van der Waals surface area contributed by atoms with Gasteiger partial charge in [0.2, 0.25) is 0 Å². The van der Waals surface area contributed by atoms with E-state index in [4.69, 9.17) is 10.00 Å². The van der Waals surface area contributed by atoms with Crippen LogP contribution in [0, 0.1) is 11.3 Å². The maximum absolute atomic E-state index is 8.77. The number of benzene rings is 1. The van der Waals surface area contributed by atoms with Crippen molar-refractivity contribution >= 4 is 6.08 Å². The molecule has 0 aromatic heterocycles. The minimum Gasteiger partial charge on any atom is -0.497 e. The first-order valence-corrected chi connectivity index (χ1v) is 5.06. The van der Waals surface area contributed by atoms with E-state index in [-0.39, 0.29) is 0 Å². The molecule has 0 N–H and O–H groups in total. The SMILES string of the molecule is COc1ccc2c(c1)C(CC#N)CC=C2. The maximum Gasteiger partial charge on any atom is 0.119 e. The number of allylic oxidation sites excluding steroid dienone is 1. The van der Waals surface area contributed by atoms with Crippen LogP contribution in [0.5, 0.6) is 5.75 Å². The van der Waals surface area contributed by atoms with Gasteiger partial charge in [-0.3, -0.25) is 0 Å². The van der Waals surface area contributed by atoms with E-state index in [0.717, 1.165) is 12.2 Å². The summed E-state index contributed by atoms with van der Waals surface area (Å²) >= 11 is 0. The van der Waals surface area contributed by atoms with Crippen LogP contribution < -0.4 is 4.74 Å². The third kappa shape index (κ3) is 1.87. The van der Waals surface area contributed by atoms with Gasteiger partial charge >= 0.3 is 0 Å². The number of ether oxygens (including phenoxy) is 1. The molecule has 0 spiro atoms. The molecule has 1 atom stereocenters. The molecule has 0 amide bonds. The minimum absolute atomic E-state index is 0.324.